The van der Waals surface area contributed by atoms with E-state index in [1.807, 2.05) is 6.07 Å². The molecule has 1 saturated heterocycles. The lowest BCUT2D eigenvalue weighted by Gasteiger charge is -2.29. The molecule has 0 aliphatic carbocycles. The predicted octanol–water partition coefficient (Wildman–Crippen LogP) is -0.515. The highest BCUT2D eigenvalue weighted by Gasteiger charge is 2.26. The highest BCUT2D eigenvalue weighted by Crippen LogP contribution is 2.34. The predicted molar refractivity (Wildman–Crippen MR) is 104 cm³/mol. The number of benzene rings is 2. The summed E-state index contributed by atoms with van der Waals surface area (Å²) in [5, 5.41) is 2.93. The molecule has 0 bridgehead atoms. The molecule has 7 nitrogen and oxygen atoms in total. The van der Waals surface area contributed by atoms with Gasteiger partial charge in [-0.05, 0) is 30.3 Å². The van der Waals surface area contributed by atoms with Gasteiger partial charge in [-0.25, -0.2) is 4.39 Å². The number of anilines is 1. The van der Waals surface area contributed by atoms with Crippen molar-refractivity contribution in [2.75, 3.05) is 51.9 Å². The molecule has 154 valence electrons. The number of methoxy groups -OCH3 is 1. The Kier molecular flexibility index (Phi) is 5.82. The third-order valence-corrected chi connectivity index (χ3v) is 5.41. The van der Waals surface area contributed by atoms with Crippen LogP contribution in [0.2, 0.25) is 0 Å². The minimum absolute atomic E-state index is 0.0193. The average Bonchev–Trinajstić information content (AvgIpc) is 3.17. The van der Waals surface area contributed by atoms with Gasteiger partial charge in [-0.2, -0.15) is 0 Å². The molecule has 2 aliphatic heterocycles. The number of quaternary nitrogens is 2. The van der Waals surface area contributed by atoms with Crippen LogP contribution >= 0.6 is 0 Å². The van der Waals surface area contributed by atoms with Crippen LogP contribution in [-0.4, -0.2) is 52.5 Å². The van der Waals surface area contributed by atoms with Crippen molar-refractivity contribution in [2.24, 2.45) is 0 Å². The zero-order valence-electron chi connectivity index (χ0n) is 16.4. The molecule has 0 unspecified atom stereocenters. The maximum absolute atomic E-state index is 13.6. The van der Waals surface area contributed by atoms with E-state index in [9.17, 15) is 9.18 Å². The standard InChI is InChI=1S/C21H24FN3O4/c1-27-18-4-2-16(22)10-15(18)12-24-6-8-25(9-7-24)13-21(26)23-17-3-5-19-20(11-17)29-14-28-19/h2-5,10-11H,6-9,12-14H2,1H3,(H,23,26)/p+2. The van der Waals surface area contributed by atoms with Crippen molar-refractivity contribution in [1.29, 1.82) is 0 Å². The van der Waals surface area contributed by atoms with Crippen LogP contribution in [0.4, 0.5) is 10.1 Å². The number of ether oxygens (including phenoxy) is 3. The van der Waals surface area contributed by atoms with Crippen molar-refractivity contribution in [3.05, 3.63) is 47.8 Å². The quantitative estimate of drug-likeness (QED) is 0.608. The highest BCUT2D eigenvalue weighted by molar-refractivity contribution is 5.91. The van der Waals surface area contributed by atoms with Gasteiger partial charge in [0, 0.05) is 11.8 Å². The molecule has 2 heterocycles. The van der Waals surface area contributed by atoms with Gasteiger partial charge in [0.15, 0.2) is 18.0 Å². The molecule has 2 aliphatic rings. The van der Waals surface area contributed by atoms with Gasteiger partial charge in [-0.3, -0.25) is 4.79 Å². The summed E-state index contributed by atoms with van der Waals surface area (Å²) in [7, 11) is 1.60. The number of halogens is 1. The molecular formula is C21H26FN3O4+2. The average molecular weight is 403 g/mol. The largest absolute Gasteiger partial charge is 0.496 e. The Labute approximate surface area is 168 Å². The number of hydrogen-bond acceptors (Lipinski definition) is 4. The third-order valence-electron chi connectivity index (χ3n) is 5.41. The first-order valence-electron chi connectivity index (χ1n) is 9.80. The first-order valence-corrected chi connectivity index (χ1v) is 9.80. The first kappa shape index (κ1) is 19.5. The van der Waals surface area contributed by atoms with Crippen molar-refractivity contribution in [2.45, 2.75) is 6.54 Å². The summed E-state index contributed by atoms with van der Waals surface area (Å²) in [6.45, 7) is 4.98. The Morgan fingerprint density at radius 1 is 1.07 bits per heavy atom. The van der Waals surface area contributed by atoms with E-state index in [1.54, 1.807) is 31.4 Å². The van der Waals surface area contributed by atoms with Crippen molar-refractivity contribution in [3.8, 4) is 17.2 Å². The first-order chi connectivity index (χ1) is 14.1. The number of rotatable bonds is 6. The number of nitrogens with one attached hydrogen (secondary N) is 3. The van der Waals surface area contributed by atoms with E-state index in [0.29, 0.717) is 23.7 Å². The highest BCUT2D eigenvalue weighted by atomic mass is 19.1. The maximum atomic E-state index is 13.6. The topological polar surface area (TPSA) is 65.7 Å². The summed E-state index contributed by atoms with van der Waals surface area (Å²) in [5.41, 5.74) is 1.59. The molecular weight excluding hydrogens is 377 g/mol. The zero-order valence-corrected chi connectivity index (χ0v) is 16.4. The Morgan fingerprint density at radius 2 is 1.83 bits per heavy atom. The number of carbonyl (C=O) groups excluding carboxylic acids is 1. The minimum atomic E-state index is -0.246. The number of amides is 1. The van der Waals surface area contributed by atoms with Crippen LogP contribution in [0.1, 0.15) is 5.56 Å². The molecule has 0 saturated carbocycles. The number of carbonyl (C=O) groups is 1. The monoisotopic (exact) mass is 403 g/mol. The Hall–Kier alpha value is -2.84. The number of fused-ring (bicyclic) bond motifs is 1. The van der Waals surface area contributed by atoms with E-state index in [0.717, 1.165) is 44.0 Å². The Balaban J connectivity index is 1.25. The van der Waals surface area contributed by atoms with E-state index in [1.165, 1.54) is 15.9 Å². The molecule has 0 radical (unpaired) electrons. The minimum Gasteiger partial charge on any atom is -0.496 e. The lowest BCUT2D eigenvalue weighted by Crippen LogP contribution is -3.28. The number of piperazine rings is 1. The third kappa shape index (κ3) is 4.78. The van der Waals surface area contributed by atoms with Crippen LogP contribution in [0.15, 0.2) is 36.4 Å². The molecule has 0 spiro atoms. The molecule has 8 heteroatoms. The molecule has 29 heavy (non-hydrogen) atoms. The summed E-state index contributed by atoms with van der Waals surface area (Å²) in [6.07, 6.45) is 0. The van der Waals surface area contributed by atoms with Gasteiger partial charge in [0.05, 0.1) is 12.7 Å². The Morgan fingerprint density at radius 3 is 2.62 bits per heavy atom. The lowest BCUT2D eigenvalue weighted by atomic mass is 10.1. The molecule has 2 aromatic rings. The van der Waals surface area contributed by atoms with E-state index in [2.05, 4.69) is 5.32 Å². The fourth-order valence-electron chi connectivity index (χ4n) is 3.87. The van der Waals surface area contributed by atoms with Crippen molar-refractivity contribution in [1.82, 2.24) is 0 Å². The summed E-state index contributed by atoms with van der Waals surface area (Å²) >= 11 is 0. The van der Waals surface area contributed by atoms with Crippen LogP contribution in [-0.2, 0) is 11.3 Å². The van der Waals surface area contributed by atoms with E-state index < -0.39 is 0 Å². The summed E-state index contributed by atoms with van der Waals surface area (Å²) < 4.78 is 29.5. The smallest absolute Gasteiger partial charge is 0.279 e. The van der Waals surface area contributed by atoms with Crippen molar-refractivity contribution < 1.29 is 33.2 Å². The summed E-state index contributed by atoms with van der Waals surface area (Å²) in [4.78, 5) is 15.0. The molecule has 2 aromatic carbocycles. The lowest BCUT2D eigenvalue weighted by molar-refractivity contribution is -1.02. The molecule has 1 fully saturated rings. The van der Waals surface area contributed by atoms with Gasteiger partial charge in [0.2, 0.25) is 6.79 Å². The van der Waals surface area contributed by atoms with Crippen molar-refractivity contribution >= 4 is 11.6 Å². The fraction of sp³-hybridized carbons (Fsp3) is 0.381. The number of hydrogen-bond donors (Lipinski definition) is 3. The van der Waals surface area contributed by atoms with Gasteiger partial charge in [0.1, 0.15) is 44.3 Å². The van der Waals surface area contributed by atoms with Gasteiger partial charge in [0.25, 0.3) is 5.91 Å². The second kappa shape index (κ2) is 8.67. The van der Waals surface area contributed by atoms with Crippen LogP contribution in [0.3, 0.4) is 0 Å². The normalized spacial score (nSPS) is 20.3. The van der Waals surface area contributed by atoms with E-state index >= 15 is 0 Å². The molecule has 0 aromatic heterocycles. The maximum Gasteiger partial charge on any atom is 0.279 e. The zero-order chi connectivity index (χ0) is 20.2. The van der Waals surface area contributed by atoms with Crippen molar-refractivity contribution in [3.63, 3.8) is 0 Å². The Bertz CT molecular complexity index is 884. The van der Waals surface area contributed by atoms with E-state index in [-0.39, 0.29) is 18.5 Å². The van der Waals surface area contributed by atoms with Crippen LogP contribution in [0.5, 0.6) is 17.2 Å². The van der Waals surface area contributed by atoms with Gasteiger partial charge in [-0.15, -0.1) is 0 Å². The van der Waals surface area contributed by atoms with Gasteiger partial charge < -0.3 is 29.3 Å². The van der Waals surface area contributed by atoms with E-state index in [4.69, 9.17) is 14.2 Å². The fourth-order valence-corrected chi connectivity index (χ4v) is 3.87. The molecule has 4 rings (SSSR count). The molecule has 3 N–H and O–H groups in total. The summed E-state index contributed by atoms with van der Waals surface area (Å²) in [6, 6.07) is 10.0. The summed E-state index contributed by atoms with van der Waals surface area (Å²) in [5.74, 6) is 1.80. The van der Waals surface area contributed by atoms with Crippen LogP contribution in [0, 0.1) is 5.82 Å². The van der Waals surface area contributed by atoms with Crippen LogP contribution in [0.25, 0.3) is 0 Å². The van der Waals surface area contributed by atoms with Gasteiger partial charge >= 0.3 is 0 Å². The van der Waals surface area contributed by atoms with Gasteiger partial charge in [-0.1, -0.05) is 0 Å². The van der Waals surface area contributed by atoms with Crippen LogP contribution < -0.4 is 29.3 Å². The SMILES string of the molecule is COc1ccc(F)cc1C[NH+]1CC[NH+](CC(=O)Nc2ccc3c(c2)OCO3)CC1. The second-order valence-electron chi connectivity index (χ2n) is 7.43. The molecule has 0 atom stereocenters. The molecule has 1 amide bonds. The second-order valence-corrected chi connectivity index (χ2v) is 7.43.